The van der Waals surface area contributed by atoms with E-state index in [1.165, 1.54) is 32.1 Å². The van der Waals surface area contributed by atoms with E-state index in [0.29, 0.717) is 13.0 Å². The van der Waals surface area contributed by atoms with Gasteiger partial charge < -0.3 is 20.1 Å². The zero-order valence-electron chi connectivity index (χ0n) is 36.2. The van der Waals surface area contributed by atoms with Crippen LogP contribution in [0.3, 0.4) is 0 Å². The number of unbranched alkanes of at least 4 members (excludes halogenated alkanes) is 8. The van der Waals surface area contributed by atoms with Crippen molar-refractivity contribution in [1.82, 2.24) is 0 Å². The molecule has 9 heteroatoms. The highest BCUT2D eigenvalue weighted by atomic mass is 31.2. The first kappa shape index (κ1) is 54.9. The lowest BCUT2D eigenvalue weighted by Crippen LogP contribution is -2.28. The maximum Gasteiger partial charge on any atom is 0.472 e. The molecule has 3 N–H and O–H groups in total. The third-order valence-corrected chi connectivity index (χ3v) is 9.39. The van der Waals surface area contributed by atoms with Crippen LogP contribution in [0.4, 0.5) is 0 Å². The van der Waals surface area contributed by atoms with Crippen LogP contribution in [0.25, 0.3) is 0 Å². The van der Waals surface area contributed by atoms with Crippen LogP contribution in [-0.4, -0.2) is 49.9 Å². The van der Waals surface area contributed by atoms with Crippen LogP contribution in [0, 0.1) is 0 Å². The molecule has 0 aliphatic carbocycles. The summed E-state index contributed by atoms with van der Waals surface area (Å²) in [6.07, 6.45) is 62.5. The van der Waals surface area contributed by atoms with E-state index in [9.17, 15) is 14.3 Å². The minimum absolute atomic E-state index is 0.0617. The molecule has 0 heterocycles. The molecule has 0 rings (SSSR count). The van der Waals surface area contributed by atoms with Crippen LogP contribution in [0.15, 0.2) is 122 Å². The van der Waals surface area contributed by atoms with Gasteiger partial charge in [0, 0.05) is 13.2 Å². The first-order valence-corrected chi connectivity index (χ1v) is 23.5. The van der Waals surface area contributed by atoms with Gasteiger partial charge in [0.1, 0.15) is 6.10 Å². The summed E-state index contributed by atoms with van der Waals surface area (Å²) < 4.78 is 33.3. The van der Waals surface area contributed by atoms with Crippen molar-refractivity contribution in [3.63, 3.8) is 0 Å². The van der Waals surface area contributed by atoms with Crippen molar-refractivity contribution >= 4 is 13.8 Å². The van der Waals surface area contributed by atoms with Gasteiger partial charge in [-0.05, 0) is 83.5 Å². The van der Waals surface area contributed by atoms with Crippen molar-refractivity contribution in [2.45, 2.75) is 148 Å². The fraction of sp³-hybridized carbons (Fsp3) is 0.571. The lowest BCUT2D eigenvalue weighted by atomic mass is 10.1. The average molecular weight is 826 g/mol. The van der Waals surface area contributed by atoms with Gasteiger partial charge in [-0.1, -0.05) is 174 Å². The van der Waals surface area contributed by atoms with Gasteiger partial charge in [0.25, 0.3) is 0 Å². The van der Waals surface area contributed by atoms with E-state index in [1.807, 2.05) is 6.08 Å². The van der Waals surface area contributed by atoms with Crippen molar-refractivity contribution < 1.29 is 32.8 Å². The van der Waals surface area contributed by atoms with Gasteiger partial charge in [-0.15, -0.1) is 0 Å². The van der Waals surface area contributed by atoms with E-state index in [2.05, 4.69) is 123 Å². The van der Waals surface area contributed by atoms with Crippen LogP contribution in [0.5, 0.6) is 0 Å². The van der Waals surface area contributed by atoms with Crippen molar-refractivity contribution in [1.29, 1.82) is 0 Å². The Morgan fingerprint density at radius 3 is 1.36 bits per heavy atom. The molecule has 0 aromatic rings. The molecule has 328 valence electrons. The molecule has 0 aromatic carbocycles. The van der Waals surface area contributed by atoms with Crippen molar-refractivity contribution in [2.75, 3.05) is 33.0 Å². The van der Waals surface area contributed by atoms with Gasteiger partial charge >= 0.3 is 13.8 Å². The van der Waals surface area contributed by atoms with Crippen LogP contribution >= 0.6 is 7.82 Å². The van der Waals surface area contributed by atoms with Crippen LogP contribution in [0.1, 0.15) is 142 Å². The Balaban J connectivity index is 4.14. The van der Waals surface area contributed by atoms with Crippen molar-refractivity contribution in [2.24, 2.45) is 5.73 Å². The number of phosphoric acid groups is 1. The summed E-state index contributed by atoms with van der Waals surface area (Å²) in [5.41, 5.74) is 5.36. The molecule has 0 radical (unpaired) electrons. The Labute approximate surface area is 354 Å². The third-order valence-electron chi connectivity index (χ3n) is 8.41. The largest absolute Gasteiger partial charge is 0.472 e. The molecule has 0 amide bonds. The number of phosphoric ester groups is 1. The lowest BCUT2D eigenvalue weighted by molar-refractivity contribution is -0.153. The van der Waals surface area contributed by atoms with Gasteiger partial charge in [-0.3, -0.25) is 13.8 Å². The van der Waals surface area contributed by atoms with Gasteiger partial charge in [0.2, 0.25) is 0 Å². The van der Waals surface area contributed by atoms with E-state index >= 15 is 0 Å². The summed E-state index contributed by atoms with van der Waals surface area (Å²) >= 11 is 0. The van der Waals surface area contributed by atoms with E-state index in [4.69, 9.17) is 24.3 Å². The van der Waals surface area contributed by atoms with E-state index < -0.39 is 19.9 Å². The zero-order valence-corrected chi connectivity index (χ0v) is 37.1. The van der Waals surface area contributed by atoms with E-state index in [0.717, 1.165) is 83.5 Å². The molecule has 0 bridgehead atoms. The predicted octanol–water partition coefficient (Wildman–Crippen LogP) is 13.4. The number of hydrogen-bond acceptors (Lipinski definition) is 7. The second-order valence-corrected chi connectivity index (χ2v) is 15.3. The number of ether oxygens (including phenoxy) is 2. The highest BCUT2D eigenvalue weighted by molar-refractivity contribution is 7.47. The molecule has 0 aliphatic heterocycles. The summed E-state index contributed by atoms with van der Waals surface area (Å²) in [7, 11) is -4.31. The molecule has 0 spiro atoms. The third kappa shape index (κ3) is 44.0. The normalized spacial score (nSPS) is 14.6. The van der Waals surface area contributed by atoms with Crippen LogP contribution in [-0.2, 0) is 27.9 Å². The molecule has 0 saturated heterocycles. The maximum atomic E-state index is 12.5. The summed E-state index contributed by atoms with van der Waals surface area (Å²) in [4.78, 5) is 22.4. The number of nitrogens with two attached hydrogens (primary N) is 1. The number of allylic oxidation sites excluding steroid dienone is 19. The summed E-state index contributed by atoms with van der Waals surface area (Å²) in [6, 6.07) is 0. The van der Waals surface area contributed by atoms with Gasteiger partial charge in [0.05, 0.1) is 26.2 Å². The maximum absolute atomic E-state index is 12.5. The molecule has 0 aromatic heterocycles. The highest BCUT2D eigenvalue weighted by Crippen LogP contribution is 2.43. The quantitative estimate of drug-likeness (QED) is 0.0271. The number of carbonyl (C=O) groups excluding carboxylic acids is 1. The number of rotatable bonds is 40. The molecule has 2 atom stereocenters. The highest BCUT2D eigenvalue weighted by Gasteiger charge is 2.25. The van der Waals surface area contributed by atoms with E-state index in [1.54, 1.807) is 6.08 Å². The molecule has 8 nitrogen and oxygen atoms in total. The van der Waals surface area contributed by atoms with Crippen LogP contribution in [0.2, 0.25) is 0 Å². The lowest BCUT2D eigenvalue weighted by Gasteiger charge is -2.19. The molecule has 0 saturated carbocycles. The molecule has 2 unspecified atom stereocenters. The molecular formula is C49H80NO7P. The Morgan fingerprint density at radius 1 is 0.517 bits per heavy atom. The van der Waals surface area contributed by atoms with Crippen LogP contribution < -0.4 is 5.73 Å². The fourth-order valence-corrected chi connectivity index (χ4v) is 6.04. The van der Waals surface area contributed by atoms with E-state index in [-0.39, 0.29) is 32.8 Å². The Kier molecular flexibility index (Phi) is 42.6. The fourth-order valence-electron chi connectivity index (χ4n) is 5.27. The van der Waals surface area contributed by atoms with Gasteiger partial charge in [-0.25, -0.2) is 4.57 Å². The number of hydrogen-bond donors (Lipinski definition) is 2. The average Bonchev–Trinajstić information content (AvgIpc) is 3.21. The summed E-state index contributed by atoms with van der Waals surface area (Å²) in [6.45, 7) is 4.50. The minimum Gasteiger partial charge on any atom is -0.457 e. The Hall–Kier alpha value is -3.10. The first-order chi connectivity index (χ1) is 28.4. The van der Waals surface area contributed by atoms with Crippen molar-refractivity contribution in [3.8, 4) is 0 Å². The van der Waals surface area contributed by atoms with Gasteiger partial charge in [-0.2, -0.15) is 0 Å². The number of esters is 1. The van der Waals surface area contributed by atoms with Crippen molar-refractivity contribution in [3.05, 3.63) is 122 Å². The topological polar surface area (TPSA) is 117 Å². The number of carbonyl (C=O) groups is 1. The smallest absolute Gasteiger partial charge is 0.457 e. The SMILES string of the molecule is CC/C=C\C/C=C\C/C=C\C/C=C\C/C=C\CCCCCCCCCCOCC(COP(=O)(O)OCCN)OC(=O)C/C=C\C/C=C\C/C=C\C/C=C\C/C=C\CC. The Bertz CT molecular complexity index is 1290. The Morgan fingerprint density at radius 2 is 0.914 bits per heavy atom. The monoisotopic (exact) mass is 826 g/mol. The molecule has 0 fully saturated rings. The summed E-state index contributed by atoms with van der Waals surface area (Å²) in [5, 5.41) is 0. The second-order valence-electron chi connectivity index (χ2n) is 13.8. The van der Waals surface area contributed by atoms with Gasteiger partial charge in [0.15, 0.2) is 0 Å². The minimum atomic E-state index is -4.31. The standard InChI is InChI=1S/C49H80NO7P/c1-3-5-7-9-11-13-15-17-19-20-21-22-23-24-25-26-27-29-31-33-35-37-39-41-44-54-46-48(47-56-58(52,53)55-45-43-50)57-49(51)42-40-38-36-34-32-30-28-18-16-14-12-10-8-6-4-2/h5-8,11-14,17-19,21-22,24-25,28,32,34,38,40,48H,3-4,9-10,15-16,20,23,26-27,29-31,33,35-37,39,41-47,50H2,1-2H3,(H,52,53)/b7-5-,8-6-,13-11-,14-12-,19-17-,22-21-,25-24-,28-18-,34-32-,40-38-. The predicted molar refractivity (Wildman–Crippen MR) is 247 cm³/mol. The zero-order chi connectivity index (χ0) is 42.3. The summed E-state index contributed by atoms with van der Waals surface area (Å²) in [5.74, 6) is -0.466. The molecule has 58 heavy (non-hydrogen) atoms. The second kappa shape index (κ2) is 45.0. The first-order valence-electron chi connectivity index (χ1n) is 22.0. The molecule has 0 aliphatic rings. The molecular weight excluding hydrogens is 746 g/mol.